The summed E-state index contributed by atoms with van der Waals surface area (Å²) in [5, 5.41) is 3.22. The van der Waals surface area contributed by atoms with E-state index in [1.54, 1.807) is 16.1 Å². The van der Waals surface area contributed by atoms with E-state index in [1.807, 2.05) is 24.3 Å². The normalized spacial score (nSPS) is 22.8. The van der Waals surface area contributed by atoms with Gasteiger partial charge in [0.1, 0.15) is 6.10 Å². The molecule has 3 fully saturated rings. The first-order valence-electron chi connectivity index (χ1n) is 10.5. The van der Waals surface area contributed by atoms with Crippen molar-refractivity contribution in [2.75, 3.05) is 54.8 Å². The summed E-state index contributed by atoms with van der Waals surface area (Å²) >= 11 is 5.33. The van der Waals surface area contributed by atoms with Gasteiger partial charge in [-0.05, 0) is 44.0 Å². The summed E-state index contributed by atoms with van der Waals surface area (Å²) in [6.45, 7) is 5.00. The topological polar surface area (TPSA) is 82.2 Å². The third kappa shape index (κ3) is 4.70. The molecule has 1 atom stereocenters. The van der Waals surface area contributed by atoms with E-state index in [4.69, 9.17) is 17.0 Å². The highest BCUT2D eigenvalue weighted by atomic mass is 32.2. The zero-order valence-electron chi connectivity index (χ0n) is 17.1. The highest BCUT2D eigenvalue weighted by Gasteiger charge is 2.34. The molecule has 2 heterocycles. The van der Waals surface area contributed by atoms with Crippen molar-refractivity contribution in [2.24, 2.45) is 5.92 Å². The maximum Gasteiger partial charge on any atom is 0.414 e. The van der Waals surface area contributed by atoms with Crippen LogP contribution in [0.1, 0.15) is 19.8 Å². The maximum absolute atomic E-state index is 12.3. The van der Waals surface area contributed by atoms with Gasteiger partial charge in [-0.1, -0.05) is 12.2 Å². The number of sulfonamides is 1. The molecular weight excluding hydrogens is 424 g/mol. The van der Waals surface area contributed by atoms with Crippen LogP contribution in [-0.2, 0) is 14.8 Å². The summed E-state index contributed by atoms with van der Waals surface area (Å²) in [6, 6.07) is 7.77. The quantitative estimate of drug-likeness (QED) is 0.632. The maximum atomic E-state index is 12.3. The van der Waals surface area contributed by atoms with E-state index in [1.165, 1.54) is 0 Å². The van der Waals surface area contributed by atoms with Gasteiger partial charge in [0.25, 0.3) is 0 Å². The summed E-state index contributed by atoms with van der Waals surface area (Å²) in [4.78, 5) is 17.0. The highest BCUT2D eigenvalue weighted by molar-refractivity contribution is 7.89. The van der Waals surface area contributed by atoms with Crippen molar-refractivity contribution in [3.8, 4) is 0 Å². The molecule has 1 aromatic rings. The molecular formula is C20H28N4O4S2. The van der Waals surface area contributed by atoms with Gasteiger partial charge in [-0.3, -0.25) is 4.90 Å². The van der Waals surface area contributed by atoms with Crippen LogP contribution in [0.4, 0.5) is 16.2 Å². The molecule has 1 unspecified atom stereocenters. The van der Waals surface area contributed by atoms with Crippen LogP contribution in [0.15, 0.2) is 24.3 Å². The Morgan fingerprint density at radius 2 is 1.77 bits per heavy atom. The van der Waals surface area contributed by atoms with E-state index in [0.717, 1.165) is 29.2 Å². The zero-order valence-corrected chi connectivity index (χ0v) is 18.8. The predicted molar refractivity (Wildman–Crippen MR) is 121 cm³/mol. The number of cyclic esters (lactones) is 1. The lowest BCUT2D eigenvalue weighted by molar-refractivity contribution is 0.143. The second kappa shape index (κ2) is 8.68. The SMILES string of the molecule is CCS(=O)(=O)N1CCN(c2ccc(N3CC(CNC(=S)C4CC4)OC3=O)cc2)CC1. The number of piperazine rings is 1. The zero-order chi connectivity index (χ0) is 21.3. The minimum absolute atomic E-state index is 0.135. The number of anilines is 2. The van der Waals surface area contributed by atoms with E-state index in [-0.39, 0.29) is 18.0 Å². The molecule has 0 aromatic heterocycles. The number of thiocarbonyl (C=S) groups is 1. The highest BCUT2D eigenvalue weighted by Crippen LogP contribution is 2.30. The molecule has 1 N–H and O–H groups in total. The van der Waals surface area contributed by atoms with Crippen molar-refractivity contribution < 1.29 is 17.9 Å². The first-order valence-corrected chi connectivity index (χ1v) is 12.5. The largest absolute Gasteiger partial charge is 0.442 e. The minimum Gasteiger partial charge on any atom is -0.442 e. The summed E-state index contributed by atoms with van der Waals surface area (Å²) in [6.07, 6.45) is 1.74. The first-order chi connectivity index (χ1) is 14.4. The number of amides is 1. The van der Waals surface area contributed by atoms with Crippen LogP contribution < -0.4 is 15.1 Å². The van der Waals surface area contributed by atoms with Crippen LogP contribution in [-0.4, -0.2) is 74.9 Å². The third-order valence-corrected chi connectivity index (χ3v) is 8.21. The second-order valence-corrected chi connectivity index (χ2v) is 10.6. The fraction of sp³-hybridized carbons (Fsp3) is 0.600. The van der Waals surface area contributed by atoms with Crippen LogP contribution >= 0.6 is 12.2 Å². The third-order valence-electron chi connectivity index (χ3n) is 5.85. The number of nitrogens with zero attached hydrogens (tertiary/aromatic N) is 3. The van der Waals surface area contributed by atoms with E-state index in [2.05, 4.69) is 10.2 Å². The number of carbonyl (C=O) groups excluding carboxylic acids is 1. The lowest BCUT2D eigenvalue weighted by Crippen LogP contribution is -2.49. The van der Waals surface area contributed by atoms with E-state index in [0.29, 0.717) is 45.2 Å². The average molecular weight is 453 g/mol. The molecule has 4 rings (SSSR count). The lowest BCUT2D eigenvalue weighted by atomic mass is 10.2. The Kier molecular flexibility index (Phi) is 6.17. The molecule has 164 valence electrons. The minimum atomic E-state index is -3.13. The van der Waals surface area contributed by atoms with Gasteiger partial charge in [0.05, 0.1) is 23.8 Å². The number of hydrogen-bond donors (Lipinski definition) is 1. The molecule has 0 bridgehead atoms. The smallest absolute Gasteiger partial charge is 0.414 e. The monoisotopic (exact) mass is 452 g/mol. The van der Waals surface area contributed by atoms with Crippen molar-refractivity contribution in [3.63, 3.8) is 0 Å². The second-order valence-electron chi connectivity index (χ2n) is 7.94. The van der Waals surface area contributed by atoms with E-state index in [9.17, 15) is 13.2 Å². The molecule has 3 aliphatic rings. The average Bonchev–Trinajstić information content (AvgIpc) is 3.55. The van der Waals surface area contributed by atoms with Crippen LogP contribution in [0, 0.1) is 5.92 Å². The van der Waals surface area contributed by atoms with E-state index < -0.39 is 10.0 Å². The molecule has 1 aromatic carbocycles. The van der Waals surface area contributed by atoms with Crippen molar-refractivity contribution >= 4 is 44.7 Å². The number of rotatable bonds is 7. The number of ether oxygens (including phenoxy) is 1. The van der Waals surface area contributed by atoms with Gasteiger partial charge in [0, 0.05) is 43.5 Å². The standard InChI is InChI=1S/C20H28N4O4S2/c1-2-30(26,27)23-11-9-22(10-12-23)16-5-7-17(8-6-16)24-14-18(28-20(24)25)13-21-19(29)15-3-4-15/h5-8,15,18H,2-4,9-14H2,1H3,(H,21,29). The Hall–Kier alpha value is -1.91. The Bertz CT molecular complexity index is 894. The van der Waals surface area contributed by atoms with Gasteiger partial charge < -0.3 is 15.0 Å². The van der Waals surface area contributed by atoms with Gasteiger partial charge in [-0.15, -0.1) is 0 Å². The summed E-state index contributed by atoms with van der Waals surface area (Å²) in [7, 11) is -3.13. The number of benzene rings is 1. The van der Waals surface area contributed by atoms with Gasteiger partial charge in [-0.25, -0.2) is 13.2 Å². The fourth-order valence-corrected chi connectivity index (χ4v) is 5.20. The molecule has 2 saturated heterocycles. The Morgan fingerprint density at radius 1 is 1.13 bits per heavy atom. The molecule has 30 heavy (non-hydrogen) atoms. The van der Waals surface area contributed by atoms with Gasteiger partial charge in [-0.2, -0.15) is 4.31 Å². The number of nitrogens with one attached hydrogen (secondary N) is 1. The lowest BCUT2D eigenvalue weighted by Gasteiger charge is -2.35. The molecule has 2 aliphatic heterocycles. The summed E-state index contributed by atoms with van der Waals surface area (Å²) < 4.78 is 31.1. The molecule has 10 heteroatoms. The fourth-order valence-electron chi connectivity index (χ4n) is 3.79. The number of carbonyl (C=O) groups is 1. The molecule has 1 aliphatic carbocycles. The van der Waals surface area contributed by atoms with Gasteiger partial charge in [0.2, 0.25) is 10.0 Å². The molecule has 1 amide bonds. The van der Waals surface area contributed by atoms with Crippen molar-refractivity contribution in [3.05, 3.63) is 24.3 Å². The predicted octanol–water partition coefficient (Wildman–Crippen LogP) is 1.81. The first kappa shape index (κ1) is 21.3. The van der Waals surface area contributed by atoms with Gasteiger partial charge >= 0.3 is 6.09 Å². The summed E-state index contributed by atoms with van der Waals surface area (Å²) in [5.74, 6) is 0.640. The Labute approximate surface area is 183 Å². The summed E-state index contributed by atoms with van der Waals surface area (Å²) in [5.41, 5.74) is 1.82. The molecule has 8 nitrogen and oxygen atoms in total. The van der Waals surface area contributed by atoms with Crippen LogP contribution in [0.2, 0.25) is 0 Å². The molecule has 0 radical (unpaired) electrons. The Morgan fingerprint density at radius 3 is 2.37 bits per heavy atom. The van der Waals surface area contributed by atoms with Gasteiger partial charge in [0.15, 0.2) is 0 Å². The van der Waals surface area contributed by atoms with Crippen LogP contribution in [0.5, 0.6) is 0 Å². The Balaban J connectivity index is 1.31. The van der Waals surface area contributed by atoms with Crippen molar-refractivity contribution in [2.45, 2.75) is 25.9 Å². The van der Waals surface area contributed by atoms with E-state index >= 15 is 0 Å². The van der Waals surface area contributed by atoms with Crippen molar-refractivity contribution in [1.82, 2.24) is 9.62 Å². The molecule has 1 saturated carbocycles. The number of hydrogen-bond acceptors (Lipinski definition) is 6. The van der Waals surface area contributed by atoms with Crippen molar-refractivity contribution in [1.29, 1.82) is 0 Å². The molecule has 0 spiro atoms. The van der Waals surface area contributed by atoms with Crippen LogP contribution in [0.3, 0.4) is 0 Å². The van der Waals surface area contributed by atoms with Crippen LogP contribution in [0.25, 0.3) is 0 Å².